The molecular formula is C12H12. The molecule has 0 aliphatic heterocycles. The third-order valence-electron chi connectivity index (χ3n) is 1.45. The van der Waals surface area contributed by atoms with Crippen LogP contribution in [0.5, 0.6) is 0 Å². The zero-order chi connectivity index (χ0) is 8.65. The van der Waals surface area contributed by atoms with Crippen LogP contribution >= 0.6 is 0 Å². The Morgan fingerprint density at radius 3 is 2.92 bits per heavy atom. The van der Waals surface area contributed by atoms with E-state index in [4.69, 9.17) is 0 Å². The first-order valence-corrected chi connectivity index (χ1v) is 4.04. The lowest BCUT2D eigenvalue weighted by Gasteiger charge is -1.82. The minimum atomic E-state index is 0.828. The maximum Gasteiger partial charge on any atom is 0.0276 e. The number of allylic oxidation sites excluding steroid dienone is 8. The summed E-state index contributed by atoms with van der Waals surface area (Å²) in [5.74, 6) is 6.02. The minimum absolute atomic E-state index is 0.828. The first kappa shape index (κ1) is 8.62. The average Bonchev–Trinajstić information content (AvgIpc) is 2.11. The van der Waals surface area contributed by atoms with Crippen LogP contribution in [-0.2, 0) is 0 Å². The molecule has 0 saturated heterocycles. The van der Waals surface area contributed by atoms with Gasteiger partial charge in [-0.25, -0.2) is 0 Å². The van der Waals surface area contributed by atoms with Crippen molar-refractivity contribution in [3.8, 4) is 11.8 Å². The summed E-state index contributed by atoms with van der Waals surface area (Å²) in [6, 6.07) is 0. The van der Waals surface area contributed by atoms with Crippen molar-refractivity contribution in [1.29, 1.82) is 0 Å². The Kier molecular flexibility index (Phi) is 3.74. The monoisotopic (exact) mass is 156 g/mol. The van der Waals surface area contributed by atoms with E-state index in [-0.39, 0.29) is 0 Å². The normalized spacial score (nSPS) is 28.2. The Labute approximate surface area is 74.0 Å². The largest absolute Gasteiger partial charge is 0.0943 e. The van der Waals surface area contributed by atoms with Crippen LogP contribution in [0.15, 0.2) is 48.1 Å². The summed E-state index contributed by atoms with van der Waals surface area (Å²) in [6.45, 7) is 2.05. The first-order chi connectivity index (χ1) is 5.89. The molecule has 0 unspecified atom stereocenters. The van der Waals surface area contributed by atoms with Gasteiger partial charge in [0.25, 0.3) is 0 Å². The zero-order valence-electron chi connectivity index (χ0n) is 7.25. The number of hydrogen-bond donors (Lipinski definition) is 0. The SMILES string of the molecule is CC1=C\C#CC/C=C/C=C/C=C\1. The van der Waals surface area contributed by atoms with E-state index in [2.05, 4.69) is 11.8 Å². The maximum absolute atomic E-state index is 3.03. The number of hydrogen-bond acceptors (Lipinski definition) is 0. The molecule has 1 aliphatic rings. The zero-order valence-corrected chi connectivity index (χ0v) is 7.25. The molecule has 0 bridgehead atoms. The van der Waals surface area contributed by atoms with Crippen molar-refractivity contribution >= 4 is 0 Å². The summed E-state index contributed by atoms with van der Waals surface area (Å²) in [5, 5.41) is 0. The highest BCUT2D eigenvalue weighted by Crippen LogP contribution is 1.95. The van der Waals surface area contributed by atoms with Crippen molar-refractivity contribution in [2.75, 3.05) is 0 Å². The third kappa shape index (κ3) is 3.63. The van der Waals surface area contributed by atoms with Crippen molar-refractivity contribution in [2.45, 2.75) is 13.3 Å². The molecule has 0 amide bonds. The quantitative estimate of drug-likeness (QED) is 0.473. The Balaban J connectivity index is 2.78. The van der Waals surface area contributed by atoms with E-state index >= 15 is 0 Å². The molecule has 0 N–H and O–H groups in total. The molecule has 0 heterocycles. The summed E-state index contributed by atoms with van der Waals surface area (Å²) >= 11 is 0. The predicted molar refractivity (Wildman–Crippen MR) is 53.6 cm³/mol. The molecule has 0 radical (unpaired) electrons. The summed E-state index contributed by atoms with van der Waals surface area (Å²) in [6.07, 6.45) is 14.9. The van der Waals surface area contributed by atoms with E-state index in [0.29, 0.717) is 0 Å². The van der Waals surface area contributed by atoms with Gasteiger partial charge in [-0.05, 0) is 18.6 Å². The van der Waals surface area contributed by atoms with E-state index in [0.717, 1.165) is 6.42 Å². The highest BCUT2D eigenvalue weighted by molar-refractivity contribution is 5.30. The van der Waals surface area contributed by atoms with Crippen molar-refractivity contribution in [1.82, 2.24) is 0 Å². The van der Waals surface area contributed by atoms with Gasteiger partial charge in [0, 0.05) is 6.42 Å². The molecule has 0 fully saturated rings. The predicted octanol–water partition coefficient (Wildman–Crippen LogP) is 3.01. The third-order valence-corrected chi connectivity index (χ3v) is 1.45. The molecule has 0 nitrogen and oxygen atoms in total. The molecule has 60 valence electrons. The van der Waals surface area contributed by atoms with Crippen molar-refractivity contribution in [2.24, 2.45) is 0 Å². The molecular weight excluding hydrogens is 144 g/mol. The molecule has 0 aromatic heterocycles. The van der Waals surface area contributed by atoms with E-state index in [1.165, 1.54) is 5.57 Å². The second kappa shape index (κ2) is 5.21. The van der Waals surface area contributed by atoms with Gasteiger partial charge in [0.15, 0.2) is 0 Å². The Hall–Kier alpha value is -1.48. The Morgan fingerprint density at radius 2 is 2.00 bits per heavy atom. The molecule has 1 aliphatic carbocycles. The Bertz CT molecular complexity index is 301. The molecule has 1 rings (SSSR count). The lowest BCUT2D eigenvalue weighted by Crippen LogP contribution is -1.64. The van der Waals surface area contributed by atoms with Crippen LogP contribution in [0.25, 0.3) is 0 Å². The number of rotatable bonds is 0. The minimum Gasteiger partial charge on any atom is -0.0943 e. The van der Waals surface area contributed by atoms with Gasteiger partial charge >= 0.3 is 0 Å². The summed E-state index contributed by atoms with van der Waals surface area (Å²) in [5.41, 5.74) is 1.19. The van der Waals surface area contributed by atoms with Crippen molar-refractivity contribution in [3.05, 3.63) is 48.1 Å². The molecule has 0 saturated carbocycles. The standard InChI is InChI=1S/C12H12/c1-12-10-8-6-4-2-3-5-7-9-11-12/h2-4,6,8,10-11H,5H2,1H3/b3-2+,6-4+,10-8-,12-11+. The molecule has 0 atom stereocenters. The second-order valence-electron chi connectivity index (χ2n) is 2.59. The van der Waals surface area contributed by atoms with Crippen LogP contribution in [0.3, 0.4) is 0 Å². The van der Waals surface area contributed by atoms with Gasteiger partial charge in [0.1, 0.15) is 0 Å². The van der Waals surface area contributed by atoms with Gasteiger partial charge < -0.3 is 0 Å². The van der Waals surface area contributed by atoms with Crippen LogP contribution < -0.4 is 0 Å². The topological polar surface area (TPSA) is 0 Å². The van der Waals surface area contributed by atoms with Crippen LogP contribution in [0.4, 0.5) is 0 Å². The fraction of sp³-hybridized carbons (Fsp3) is 0.167. The lowest BCUT2D eigenvalue weighted by molar-refractivity contribution is 1.47. The summed E-state index contributed by atoms with van der Waals surface area (Å²) < 4.78 is 0. The average molecular weight is 156 g/mol. The molecule has 12 heavy (non-hydrogen) atoms. The van der Waals surface area contributed by atoms with E-state index < -0.39 is 0 Å². The van der Waals surface area contributed by atoms with Crippen LogP contribution in [0, 0.1) is 11.8 Å². The van der Waals surface area contributed by atoms with Crippen molar-refractivity contribution < 1.29 is 0 Å². The highest BCUT2D eigenvalue weighted by Gasteiger charge is 1.76. The van der Waals surface area contributed by atoms with E-state index in [9.17, 15) is 0 Å². The van der Waals surface area contributed by atoms with Crippen LogP contribution in [0.2, 0.25) is 0 Å². The highest BCUT2D eigenvalue weighted by atomic mass is 13.8. The summed E-state index contributed by atoms with van der Waals surface area (Å²) in [7, 11) is 0. The van der Waals surface area contributed by atoms with Gasteiger partial charge in [-0.3, -0.25) is 0 Å². The van der Waals surface area contributed by atoms with E-state index in [1.807, 2.05) is 49.5 Å². The first-order valence-electron chi connectivity index (χ1n) is 4.04. The second-order valence-corrected chi connectivity index (χ2v) is 2.59. The van der Waals surface area contributed by atoms with Gasteiger partial charge in [-0.15, -0.1) is 0 Å². The van der Waals surface area contributed by atoms with Gasteiger partial charge in [-0.1, -0.05) is 48.3 Å². The van der Waals surface area contributed by atoms with Gasteiger partial charge in [-0.2, -0.15) is 0 Å². The fourth-order valence-corrected chi connectivity index (χ4v) is 0.813. The van der Waals surface area contributed by atoms with Gasteiger partial charge in [0.2, 0.25) is 0 Å². The smallest absolute Gasteiger partial charge is 0.0276 e. The molecule has 0 aromatic rings. The summed E-state index contributed by atoms with van der Waals surface area (Å²) in [4.78, 5) is 0. The maximum atomic E-state index is 3.03. The van der Waals surface area contributed by atoms with Crippen LogP contribution in [-0.4, -0.2) is 0 Å². The van der Waals surface area contributed by atoms with Gasteiger partial charge in [0.05, 0.1) is 0 Å². The molecule has 0 spiro atoms. The van der Waals surface area contributed by atoms with Crippen LogP contribution in [0.1, 0.15) is 13.3 Å². The Morgan fingerprint density at radius 1 is 1.17 bits per heavy atom. The van der Waals surface area contributed by atoms with E-state index in [1.54, 1.807) is 0 Å². The van der Waals surface area contributed by atoms with Crippen molar-refractivity contribution in [3.63, 3.8) is 0 Å². The lowest BCUT2D eigenvalue weighted by atomic mass is 10.2. The molecule has 0 aromatic carbocycles. The fourth-order valence-electron chi connectivity index (χ4n) is 0.813. The molecule has 0 heteroatoms.